The highest BCUT2D eigenvalue weighted by Gasteiger charge is 2.28. The fraction of sp³-hybridized carbons (Fsp3) is 0.552. The van der Waals surface area contributed by atoms with E-state index in [1.54, 1.807) is 37.4 Å². The number of carbonyl (C=O) groups is 1. The predicted molar refractivity (Wildman–Crippen MR) is 165 cm³/mol. The summed E-state index contributed by atoms with van der Waals surface area (Å²) in [6.07, 6.45) is 5.16. The monoisotopic (exact) mass is 608 g/mol. The van der Waals surface area contributed by atoms with Crippen molar-refractivity contribution in [1.29, 1.82) is 0 Å². The number of hydrogen-bond acceptors (Lipinski definition) is 8. The van der Waals surface area contributed by atoms with Crippen LogP contribution in [-0.2, 0) is 24.6 Å². The van der Waals surface area contributed by atoms with E-state index in [0.29, 0.717) is 37.5 Å². The van der Waals surface area contributed by atoms with Gasteiger partial charge in [-0.1, -0.05) is 33.1 Å². The highest BCUT2D eigenvalue weighted by atomic mass is 32.2. The van der Waals surface area contributed by atoms with Crippen LogP contribution in [0.3, 0.4) is 0 Å². The molecule has 3 N–H and O–H groups in total. The summed E-state index contributed by atoms with van der Waals surface area (Å²) in [5, 5.41) is 2.79. The van der Waals surface area contributed by atoms with E-state index in [2.05, 4.69) is 24.1 Å². The maximum absolute atomic E-state index is 13.5. The van der Waals surface area contributed by atoms with E-state index in [4.69, 9.17) is 10.5 Å². The summed E-state index contributed by atoms with van der Waals surface area (Å²) in [6, 6.07) is 11.0. The van der Waals surface area contributed by atoms with Gasteiger partial charge in [-0.25, -0.2) is 16.8 Å². The number of methoxy groups -OCH3 is 1. The molecule has 0 saturated carbocycles. The maximum Gasteiger partial charge on any atom is 0.257 e. The Morgan fingerprint density at radius 1 is 1.15 bits per heavy atom. The average Bonchev–Trinajstić information content (AvgIpc) is 2.94. The number of carbonyl (C=O) groups excluding carboxylic acids is 1. The molecule has 0 aromatic heterocycles. The number of amides is 1. The van der Waals surface area contributed by atoms with E-state index < -0.39 is 25.8 Å². The standard InChI is InChI=1S/C29H44N4O6S2/c1-6-21(2)9-7-8-18-41(37,38)24-13-10-22(11-14-24)31-29(34)25-19-23(12-15-27(25)32(3)40(5,35)36)33-17-16-26(30)28(20-33)39-4/h10-15,19,21,26,28H,6-9,16-18,20,30H2,1-5H3,(H,31,34)/t21-,26+,28-/m1/s1. The second-order valence-electron chi connectivity index (χ2n) is 10.9. The lowest BCUT2D eigenvalue weighted by Gasteiger charge is -2.37. The number of anilines is 3. The van der Waals surface area contributed by atoms with Crippen molar-refractivity contribution in [1.82, 2.24) is 0 Å². The fourth-order valence-electron chi connectivity index (χ4n) is 4.83. The first-order valence-electron chi connectivity index (χ1n) is 14.0. The third kappa shape index (κ3) is 8.67. The van der Waals surface area contributed by atoms with E-state index in [0.717, 1.165) is 35.5 Å². The topological polar surface area (TPSA) is 139 Å². The Bertz CT molecular complexity index is 1400. The minimum Gasteiger partial charge on any atom is -0.378 e. The van der Waals surface area contributed by atoms with E-state index >= 15 is 0 Å². The van der Waals surface area contributed by atoms with Gasteiger partial charge in [0.1, 0.15) is 0 Å². The molecule has 1 saturated heterocycles. The summed E-state index contributed by atoms with van der Waals surface area (Å²) in [5.74, 6) is 0.142. The lowest BCUT2D eigenvalue weighted by molar-refractivity contribution is 0.0730. The third-order valence-corrected chi connectivity index (χ3v) is 10.9. The molecule has 0 aliphatic carbocycles. The van der Waals surface area contributed by atoms with E-state index in [-0.39, 0.29) is 34.0 Å². The van der Waals surface area contributed by atoms with Crippen LogP contribution in [0.4, 0.5) is 17.1 Å². The summed E-state index contributed by atoms with van der Waals surface area (Å²) >= 11 is 0. The molecule has 3 rings (SSSR count). The number of hydrogen-bond donors (Lipinski definition) is 2. The first-order chi connectivity index (χ1) is 19.3. The third-order valence-electron chi connectivity index (χ3n) is 7.87. The van der Waals surface area contributed by atoms with Crippen LogP contribution < -0.4 is 20.3 Å². The molecule has 3 atom stereocenters. The van der Waals surface area contributed by atoms with Gasteiger partial charge in [-0.15, -0.1) is 0 Å². The molecule has 2 aromatic carbocycles. The molecular weight excluding hydrogens is 564 g/mol. The SMILES string of the molecule is CC[C@@H](C)CCCCS(=O)(=O)c1ccc(NC(=O)c2cc(N3CC[C@H](N)[C@H](OC)C3)ccc2N(C)S(C)(=O)=O)cc1. The highest BCUT2D eigenvalue weighted by Crippen LogP contribution is 2.30. The zero-order valence-corrected chi connectivity index (χ0v) is 26.3. The molecule has 1 fully saturated rings. The van der Waals surface area contributed by atoms with Gasteiger partial charge in [-0.3, -0.25) is 9.10 Å². The number of benzene rings is 2. The number of nitrogens with two attached hydrogens (primary N) is 1. The zero-order chi connectivity index (χ0) is 30.4. The number of unbranched alkanes of at least 4 members (excludes halogenated alkanes) is 1. The molecule has 0 spiro atoms. The normalized spacial score (nSPS) is 18.6. The van der Waals surface area contributed by atoms with E-state index in [1.807, 2.05) is 0 Å². The molecule has 41 heavy (non-hydrogen) atoms. The van der Waals surface area contributed by atoms with Crippen molar-refractivity contribution < 1.29 is 26.4 Å². The van der Waals surface area contributed by atoms with E-state index in [9.17, 15) is 21.6 Å². The highest BCUT2D eigenvalue weighted by molar-refractivity contribution is 7.92. The minimum absolute atomic E-state index is 0.0778. The van der Waals surface area contributed by atoms with Gasteiger partial charge in [0, 0.05) is 44.7 Å². The molecule has 1 aliphatic heterocycles. The van der Waals surface area contributed by atoms with Gasteiger partial charge in [0.15, 0.2) is 9.84 Å². The fourth-order valence-corrected chi connectivity index (χ4v) is 6.71. The van der Waals surface area contributed by atoms with Crippen molar-refractivity contribution in [2.24, 2.45) is 11.7 Å². The van der Waals surface area contributed by atoms with Crippen molar-refractivity contribution in [3.63, 3.8) is 0 Å². The van der Waals surface area contributed by atoms with Gasteiger partial charge in [-0.05, 0) is 61.2 Å². The van der Waals surface area contributed by atoms with Crippen LogP contribution in [0.25, 0.3) is 0 Å². The summed E-state index contributed by atoms with van der Waals surface area (Å²) in [5.41, 5.74) is 7.69. The van der Waals surface area contributed by atoms with Gasteiger partial charge in [-0.2, -0.15) is 0 Å². The Morgan fingerprint density at radius 3 is 2.44 bits per heavy atom. The van der Waals surface area contributed by atoms with Crippen molar-refractivity contribution in [3.05, 3.63) is 48.0 Å². The van der Waals surface area contributed by atoms with Gasteiger partial charge < -0.3 is 20.7 Å². The number of ether oxygens (including phenoxy) is 1. The van der Waals surface area contributed by atoms with Crippen LogP contribution in [-0.4, -0.2) is 74.1 Å². The quantitative estimate of drug-likeness (QED) is 0.327. The van der Waals surface area contributed by atoms with Gasteiger partial charge in [0.05, 0.1) is 34.3 Å². The number of piperidine rings is 1. The molecule has 0 unspecified atom stereocenters. The maximum atomic E-state index is 13.5. The molecule has 1 aliphatic rings. The summed E-state index contributed by atoms with van der Waals surface area (Å²) in [4.78, 5) is 15.8. The van der Waals surface area contributed by atoms with Crippen molar-refractivity contribution >= 4 is 42.8 Å². The molecule has 1 heterocycles. The van der Waals surface area contributed by atoms with E-state index in [1.165, 1.54) is 19.2 Å². The van der Waals surface area contributed by atoms with Gasteiger partial charge in [0.25, 0.3) is 5.91 Å². The summed E-state index contributed by atoms with van der Waals surface area (Å²) < 4.78 is 56.9. The Kier molecular flexibility index (Phi) is 11.2. The number of sulfonamides is 1. The van der Waals surface area contributed by atoms with Gasteiger partial charge >= 0.3 is 0 Å². The lowest BCUT2D eigenvalue weighted by Crippen LogP contribution is -2.51. The van der Waals surface area contributed by atoms with Crippen LogP contribution in [0.5, 0.6) is 0 Å². The van der Waals surface area contributed by atoms with Crippen LogP contribution in [0.2, 0.25) is 0 Å². The second kappa shape index (κ2) is 14.0. The Labute approximate surface area is 245 Å². The summed E-state index contributed by atoms with van der Waals surface area (Å²) in [7, 11) is -4.07. The molecular formula is C29H44N4O6S2. The molecule has 0 radical (unpaired) electrons. The molecule has 10 nitrogen and oxygen atoms in total. The van der Waals surface area contributed by atoms with Crippen LogP contribution in [0.1, 0.15) is 56.3 Å². The van der Waals surface area contributed by atoms with Crippen LogP contribution in [0.15, 0.2) is 47.4 Å². The van der Waals surface area contributed by atoms with Crippen molar-refractivity contribution in [2.45, 2.75) is 63.0 Å². The Balaban J connectivity index is 1.81. The minimum atomic E-state index is -3.64. The number of sulfone groups is 1. The molecule has 2 aromatic rings. The number of nitrogens with zero attached hydrogens (tertiary/aromatic N) is 2. The van der Waals surface area contributed by atoms with Crippen LogP contribution >= 0.6 is 0 Å². The molecule has 0 bridgehead atoms. The van der Waals surface area contributed by atoms with Crippen LogP contribution in [0, 0.1) is 5.92 Å². The Morgan fingerprint density at radius 2 is 1.83 bits per heavy atom. The Hall–Kier alpha value is -2.67. The first kappa shape index (κ1) is 32.8. The summed E-state index contributed by atoms with van der Waals surface area (Å²) in [6.45, 7) is 5.50. The number of nitrogens with one attached hydrogen (secondary N) is 1. The molecule has 1 amide bonds. The lowest BCUT2D eigenvalue weighted by atomic mass is 10.0. The first-order valence-corrected chi connectivity index (χ1v) is 17.5. The molecule has 12 heteroatoms. The predicted octanol–water partition coefficient (Wildman–Crippen LogP) is 3.88. The number of rotatable bonds is 13. The zero-order valence-electron chi connectivity index (χ0n) is 24.7. The second-order valence-corrected chi connectivity index (χ2v) is 15.0. The smallest absolute Gasteiger partial charge is 0.257 e. The van der Waals surface area contributed by atoms with Gasteiger partial charge in [0.2, 0.25) is 10.0 Å². The largest absolute Gasteiger partial charge is 0.378 e. The van der Waals surface area contributed by atoms with Crippen molar-refractivity contribution in [2.75, 3.05) is 53.8 Å². The molecule has 228 valence electrons. The average molecular weight is 609 g/mol. The van der Waals surface area contributed by atoms with Crippen molar-refractivity contribution in [3.8, 4) is 0 Å².